The van der Waals surface area contributed by atoms with E-state index >= 15 is 0 Å². The molecule has 0 aromatic carbocycles. The molecule has 66 valence electrons. The van der Waals surface area contributed by atoms with Crippen LogP contribution >= 0.6 is 0 Å². The van der Waals surface area contributed by atoms with Gasteiger partial charge in [0.15, 0.2) is 0 Å². The van der Waals surface area contributed by atoms with Crippen LogP contribution in [0.15, 0.2) is 0 Å². The second-order valence-electron chi connectivity index (χ2n) is 1.31. The first kappa shape index (κ1) is 10.3. The fourth-order valence-corrected chi connectivity index (χ4v) is 0.414. The van der Waals surface area contributed by atoms with E-state index in [0.29, 0.717) is 0 Å². The molecule has 0 saturated heterocycles. The molecule has 0 aliphatic carbocycles. The molecule has 0 amide bonds. The van der Waals surface area contributed by atoms with Gasteiger partial charge in [-0.2, -0.15) is 21.6 Å². The SMILES string of the molecule is O=C(F)C(F)(F)S(=O)(=O)OF. The number of carbonyl (C=O) groups excluding carboxylic acids is 1. The van der Waals surface area contributed by atoms with Crippen LogP contribution in [0.4, 0.5) is 17.7 Å². The molecule has 0 radical (unpaired) electrons. The molecule has 9 heteroatoms. The van der Waals surface area contributed by atoms with E-state index < -0.39 is 21.4 Å². The summed E-state index contributed by atoms with van der Waals surface area (Å²) in [5.74, 6) is 0. The highest BCUT2D eigenvalue weighted by Gasteiger charge is 2.55. The molecule has 0 fully saturated rings. The lowest BCUT2D eigenvalue weighted by atomic mass is 10.8. The molecular weight excluding hydrogens is 196 g/mol. The van der Waals surface area contributed by atoms with Crippen LogP contribution in [-0.2, 0) is 19.3 Å². The van der Waals surface area contributed by atoms with Crippen molar-refractivity contribution in [3.05, 3.63) is 0 Å². The average molecular weight is 196 g/mol. The van der Waals surface area contributed by atoms with Crippen molar-refractivity contribution in [3.63, 3.8) is 0 Å². The Morgan fingerprint density at radius 1 is 1.36 bits per heavy atom. The van der Waals surface area contributed by atoms with Crippen LogP contribution in [0.5, 0.6) is 0 Å². The van der Waals surface area contributed by atoms with E-state index in [-0.39, 0.29) is 0 Å². The smallest absolute Gasteiger partial charge is 0.253 e. The fraction of sp³-hybridized carbons (Fsp3) is 0.500. The van der Waals surface area contributed by atoms with Gasteiger partial charge in [0.2, 0.25) is 0 Å². The van der Waals surface area contributed by atoms with Gasteiger partial charge < -0.3 is 0 Å². The zero-order chi connectivity index (χ0) is 9.28. The second kappa shape index (κ2) is 2.74. The molecule has 0 heterocycles. The molecule has 0 atom stereocenters. The first-order chi connectivity index (χ1) is 4.75. The van der Waals surface area contributed by atoms with Gasteiger partial charge in [-0.3, -0.25) is 4.79 Å². The predicted molar refractivity (Wildman–Crippen MR) is 22.2 cm³/mol. The molecule has 0 aromatic heterocycles. The molecule has 0 spiro atoms. The van der Waals surface area contributed by atoms with E-state index in [0.717, 1.165) is 0 Å². The molecule has 0 aliphatic rings. The van der Waals surface area contributed by atoms with Crippen molar-refractivity contribution in [3.8, 4) is 0 Å². The van der Waals surface area contributed by atoms with Crippen LogP contribution in [-0.4, -0.2) is 19.7 Å². The Morgan fingerprint density at radius 2 is 1.73 bits per heavy atom. The Morgan fingerprint density at radius 3 is 1.82 bits per heavy atom. The molecule has 0 unspecified atom stereocenters. The van der Waals surface area contributed by atoms with Crippen LogP contribution in [0.25, 0.3) is 0 Å². The van der Waals surface area contributed by atoms with Crippen LogP contribution in [0.1, 0.15) is 0 Å². The largest absolute Gasteiger partial charge is 0.461 e. The Labute approximate surface area is 57.8 Å². The maximum Gasteiger partial charge on any atom is 0.461 e. The number of rotatable bonds is 3. The molecule has 0 saturated carbocycles. The second-order valence-corrected chi connectivity index (χ2v) is 2.85. The van der Waals surface area contributed by atoms with Gasteiger partial charge in [0.1, 0.15) is 0 Å². The summed E-state index contributed by atoms with van der Waals surface area (Å²) in [5.41, 5.74) is 0. The first-order valence-corrected chi connectivity index (χ1v) is 3.29. The minimum absolute atomic E-state index is 1.73. The summed E-state index contributed by atoms with van der Waals surface area (Å²) in [5, 5.41) is -5.48. The first-order valence-electron chi connectivity index (χ1n) is 1.88. The van der Waals surface area contributed by atoms with E-state index in [1.165, 1.54) is 0 Å². The normalized spacial score (nSPS) is 13.1. The Hall–Kier alpha value is -0.700. The molecule has 0 rings (SSSR count). The van der Waals surface area contributed by atoms with Crippen molar-refractivity contribution in [1.29, 1.82) is 0 Å². The van der Waals surface area contributed by atoms with Crippen LogP contribution in [0.2, 0.25) is 0 Å². The zero-order valence-corrected chi connectivity index (χ0v) is 5.37. The number of carbonyl (C=O) groups is 1. The highest BCUT2D eigenvalue weighted by atomic mass is 32.2. The summed E-state index contributed by atoms with van der Waals surface area (Å²) in [6.07, 6.45) is 0. The summed E-state index contributed by atoms with van der Waals surface area (Å²) in [6.45, 7) is 0. The van der Waals surface area contributed by atoms with E-state index in [9.17, 15) is 30.9 Å². The van der Waals surface area contributed by atoms with Gasteiger partial charge in [-0.1, -0.05) is 4.39 Å². The van der Waals surface area contributed by atoms with Crippen LogP contribution in [0, 0.1) is 0 Å². The van der Waals surface area contributed by atoms with Gasteiger partial charge in [0.05, 0.1) is 0 Å². The average Bonchev–Trinajstić information content (AvgIpc) is 1.87. The van der Waals surface area contributed by atoms with Crippen molar-refractivity contribution < 1.29 is 35.3 Å². The van der Waals surface area contributed by atoms with Crippen molar-refractivity contribution in [2.75, 3.05) is 0 Å². The Kier molecular flexibility index (Phi) is 2.56. The molecule has 0 bridgehead atoms. The van der Waals surface area contributed by atoms with Crippen LogP contribution in [0.3, 0.4) is 0 Å². The van der Waals surface area contributed by atoms with Crippen molar-refractivity contribution in [1.82, 2.24) is 0 Å². The van der Waals surface area contributed by atoms with Gasteiger partial charge in [-0.15, -0.1) is 0 Å². The third-order valence-corrected chi connectivity index (χ3v) is 1.58. The van der Waals surface area contributed by atoms with Gasteiger partial charge in [0.25, 0.3) is 0 Å². The molecule has 0 N–H and O–H groups in total. The van der Waals surface area contributed by atoms with Crippen molar-refractivity contribution >= 4 is 16.2 Å². The van der Waals surface area contributed by atoms with Gasteiger partial charge in [-0.05, 0) is 4.53 Å². The monoisotopic (exact) mass is 196 g/mol. The maximum atomic E-state index is 11.6. The topological polar surface area (TPSA) is 60.4 Å². The molecule has 0 aliphatic heterocycles. The predicted octanol–water partition coefficient (Wildman–Crippen LogP) is 0.306. The van der Waals surface area contributed by atoms with Gasteiger partial charge >= 0.3 is 21.4 Å². The zero-order valence-electron chi connectivity index (χ0n) is 4.55. The summed E-state index contributed by atoms with van der Waals surface area (Å²) in [7, 11) is -6.12. The van der Waals surface area contributed by atoms with E-state index in [4.69, 9.17) is 0 Å². The fourth-order valence-electron chi connectivity index (χ4n) is 0.138. The highest BCUT2D eigenvalue weighted by molar-refractivity contribution is 7.88. The summed E-state index contributed by atoms with van der Waals surface area (Å²) in [4.78, 5) is 9.23. The number of alkyl halides is 2. The molecule has 0 aromatic rings. The van der Waals surface area contributed by atoms with Crippen molar-refractivity contribution in [2.45, 2.75) is 5.25 Å². The lowest BCUT2D eigenvalue weighted by Gasteiger charge is -2.05. The Bertz CT molecular complexity index is 255. The van der Waals surface area contributed by atoms with Crippen LogP contribution < -0.4 is 0 Å². The summed E-state index contributed by atoms with van der Waals surface area (Å²) in [6, 6.07) is -3.50. The maximum absolute atomic E-state index is 11.6. The van der Waals surface area contributed by atoms with Gasteiger partial charge in [-0.25, -0.2) is 0 Å². The van der Waals surface area contributed by atoms with Crippen molar-refractivity contribution in [2.24, 2.45) is 0 Å². The highest BCUT2D eigenvalue weighted by Crippen LogP contribution is 2.25. The third kappa shape index (κ3) is 1.66. The van der Waals surface area contributed by atoms with E-state index in [2.05, 4.69) is 0 Å². The quantitative estimate of drug-likeness (QED) is 0.481. The number of halogens is 4. The summed E-state index contributed by atoms with van der Waals surface area (Å²) < 4.78 is 66.2. The lowest BCUT2D eigenvalue weighted by Crippen LogP contribution is -2.35. The molecular formula is C2F4O4S. The van der Waals surface area contributed by atoms with E-state index in [1.54, 1.807) is 4.39 Å². The van der Waals surface area contributed by atoms with Gasteiger partial charge in [0, 0.05) is 0 Å². The minimum atomic E-state index is -6.12. The molecule has 11 heavy (non-hydrogen) atoms. The third-order valence-electron chi connectivity index (χ3n) is 0.626. The summed E-state index contributed by atoms with van der Waals surface area (Å²) >= 11 is 0. The minimum Gasteiger partial charge on any atom is -0.253 e. The molecule has 4 nitrogen and oxygen atoms in total. The lowest BCUT2D eigenvalue weighted by molar-refractivity contribution is -0.147. The number of hydrogen-bond acceptors (Lipinski definition) is 4. The van der Waals surface area contributed by atoms with E-state index in [1.807, 2.05) is 0 Å². The standard InChI is InChI=1S/C2F4O4S/c3-1(7)2(4,5)11(8,9)10-6. The number of hydrogen-bond donors (Lipinski definition) is 0. The Balaban J connectivity index is 5.01.